The van der Waals surface area contributed by atoms with Gasteiger partial charge in [-0.15, -0.1) is 11.6 Å². The summed E-state index contributed by atoms with van der Waals surface area (Å²) in [5.74, 6) is 0.483. The standard InChI is InChI=1S/C9H17ClN2O2/c1-2-8(13)11-6-7-12-9(14)4-3-5-10/h2-7H2,1H3,(H,11,13)(H,12,14). The van der Waals surface area contributed by atoms with Gasteiger partial charge in [0.15, 0.2) is 0 Å². The van der Waals surface area contributed by atoms with Crippen molar-refractivity contribution in [2.75, 3.05) is 19.0 Å². The van der Waals surface area contributed by atoms with E-state index in [1.807, 2.05) is 0 Å². The maximum Gasteiger partial charge on any atom is 0.220 e. The van der Waals surface area contributed by atoms with Gasteiger partial charge in [-0.2, -0.15) is 0 Å². The van der Waals surface area contributed by atoms with Gasteiger partial charge >= 0.3 is 0 Å². The van der Waals surface area contributed by atoms with E-state index in [1.54, 1.807) is 6.92 Å². The van der Waals surface area contributed by atoms with Crippen LogP contribution in [0.1, 0.15) is 26.2 Å². The van der Waals surface area contributed by atoms with Gasteiger partial charge in [0.25, 0.3) is 0 Å². The number of alkyl halides is 1. The Balaban J connectivity index is 3.27. The van der Waals surface area contributed by atoms with E-state index in [-0.39, 0.29) is 11.8 Å². The van der Waals surface area contributed by atoms with Crippen molar-refractivity contribution in [1.29, 1.82) is 0 Å². The third kappa shape index (κ3) is 7.86. The summed E-state index contributed by atoms with van der Waals surface area (Å²) in [4.78, 5) is 21.8. The Morgan fingerprint density at radius 1 is 1.14 bits per heavy atom. The molecule has 4 nitrogen and oxygen atoms in total. The molecule has 0 bridgehead atoms. The van der Waals surface area contributed by atoms with Crippen LogP contribution in [-0.2, 0) is 9.59 Å². The lowest BCUT2D eigenvalue weighted by atomic mass is 10.3. The second-order valence-electron chi connectivity index (χ2n) is 2.85. The van der Waals surface area contributed by atoms with E-state index in [1.165, 1.54) is 0 Å². The van der Waals surface area contributed by atoms with Gasteiger partial charge in [0.2, 0.25) is 11.8 Å². The van der Waals surface area contributed by atoms with Crippen LogP contribution in [-0.4, -0.2) is 30.8 Å². The predicted octanol–water partition coefficient (Wildman–Crippen LogP) is 0.648. The molecule has 0 unspecified atom stereocenters. The van der Waals surface area contributed by atoms with Gasteiger partial charge in [0.05, 0.1) is 0 Å². The molecule has 0 saturated carbocycles. The van der Waals surface area contributed by atoms with Crippen molar-refractivity contribution in [1.82, 2.24) is 10.6 Å². The summed E-state index contributed by atoms with van der Waals surface area (Å²) in [6.45, 7) is 2.75. The van der Waals surface area contributed by atoms with Crippen LogP contribution in [0.5, 0.6) is 0 Å². The van der Waals surface area contributed by atoms with Gasteiger partial charge in [0, 0.05) is 31.8 Å². The molecule has 0 aliphatic rings. The Kier molecular flexibility index (Phi) is 8.33. The quantitative estimate of drug-likeness (QED) is 0.489. The largest absolute Gasteiger partial charge is 0.354 e. The molecule has 5 heteroatoms. The molecule has 0 fully saturated rings. The molecule has 0 saturated heterocycles. The van der Waals surface area contributed by atoms with Gasteiger partial charge in [-0.3, -0.25) is 9.59 Å². The lowest BCUT2D eigenvalue weighted by Gasteiger charge is -2.05. The van der Waals surface area contributed by atoms with Gasteiger partial charge in [0.1, 0.15) is 0 Å². The fraction of sp³-hybridized carbons (Fsp3) is 0.778. The second-order valence-corrected chi connectivity index (χ2v) is 3.22. The second kappa shape index (κ2) is 8.81. The van der Waals surface area contributed by atoms with Crippen molar-refractivity contribution in [3.8, 4) is 0 Å². The van der Waals surface area contributed by atoms with Gasteiger partial charge in [-0.25, -0.2) is 0 Å². The van der Waals surface area contributed by atoms with Crippen molar-refractivity contribution in [3.05, 3.63) is 0 Å². The molecule has 82 valence electrons. The van der Waals surface area contributed by atoms with Crippen LogP contribution in [0.25, 0.3) is 0 Å². The summed E-state index contributed by atoms with van der Waals surface area (Å²) >= 11 is 5.43. The zero-order valence-corrected chi connectivity index (χ0v) is 9.19. The minimum atomic E-state index is -0.0172. The maximum absolute atomic E-state index is 11.0. The van der Waals surface area contributed by atoms with Crippen LogP contribution in [0.3, 0.4) is 0 Å². The van der Waals surface area contributed by atoms with Crippen LogP contribution in [0, 0.1) is 0 Å². The molecule has 0 radical (unpaired) electrons. The molecule has 0 aromatic carbocycles. The smallest absolute Gasteiger partial charge is 0.220 e. The van der Waals surface area contributed by atoms with Gasteiger partial charge in [-0.1, -0.05) is 6.92 Å². The predicted molar refractivity (Wildman–Crippen MR) is 56.3 cm³/mol. The Morgan fingerprint density at radius 2 is 1.71 bits per heavy atom. The first-order chi connectivity index (χ1) is 6.70. The Hall–Kier alpha value is -0.770. The minimum absolute atomic E-state index is 0.00000664. The summed E-state index contributed by atoms with van der Waals surface area (Å²) in [6, 6.07) is 0. The van der Waals surface area contributed by atoms with E-state index in [4.69, 9.17) is 11.6 Å². The van der Waals surface area contributed by atoms with Crippen molar-refractivity contribution in [3.63, 3.8) is 0 Å². The molecule has 2 amide bonds. The third-order valence-corrected chi connectivity index (χ3v) is 1.90. The number of rotatable bonds is 7. The number of hydrogen-bond donors (Lipinski definition) is 2. The Labute approximate surface area is 89.4 Å². The monoisotopic (exact) mass is 220 g/mol. The summed E-state index contributed by atoms with van der Waals surface area (Å²) in [7, 11) is 0. The first-order valence-corrected chi connectivity index (χ1v) is 5.33. The van der Waals surface area contributed by atoms with Gasteiger partial charge in [-0.05, 0) is 6.42 Å². The van der Waals surface area contributed by atoms with Crippen molar-refractivity contribution >= 4 is 23.4 Å². The van der Waals surface area contributed by atoms with E-state index in [0.717, 1.165) is 0 Å². The number of hydrogen-bond acceptors (Lipinski definition) is 2. The van der Waals surface area contributed by atoms with Crippen LogP contribution in [0.15, 0.2) is 0 Å². The van der Waals surface area contributed by atoms with E-state index < -0.39 is 0 Å². The number of carbonyl (C=O) groups excluding carboxylic acids is 2. The van der Waals surface area contributed by atoms with Crippen molar-refractivity contribution in [2.45, 2.75) is 26.2 Å². The zero-order valence-electron chi connectivity index (χ0n) is 8.44. The highest BCUT2D eigenvalue weighted by molar-refractivity contribution is 6.17. The first-order valence-electron chi connectivity index (χ1n) is 4.80. The number of halogens is 1. The molecule has 0 atom stereocenters. The topological polar surface area (TPSA) is 58.2 Å². The fourth-order valence-electron chi connectivity index (χ4n) is 0.845. The molecule has 0 rings (SSSR count). The van der Waals surface area contributed by atoms with Crippen molar-refractivity contribution in [2.24, 2.45) is 0 Å². The maximum atomic E-state index is 11.0. The average Bonchev–Trinajstić information content (AvgIpc) is 2.21. The molecule has 2 N–H and O–H groups in total. The van der Waals surface area contributed by atoms with Crippen LogP contribution >= 0.6 is 11.6 Å². The Morgan fingerprint density at radius 3 is 2.21 bits per heavy atom. The van der Waals surface area contributed by atoms with Crippen LogP contribution < -0.4 is 10.6 Å². The summed E-state index contributed by atoms with van der Waals surface area (Å²) in [5.41, 5.74) is 0. The lowest BCUT2D eigenvalue weighted by molar-refractivity contribution is -0.122. The SMILES string of the molecule is CCC(=O)NCCNC(=O)CCCCl. The summed E-state index contributed by atoms with van der Waals surface area (Å²) in [6.07, 6.45) is 1.61. The molecule has 0 aliphatic carbocycles. The highest BCUT2D eigenvalue weighted by atomic mass is 35.5. The van der Waals surface area contributed by atoms with Crippen LogP contribution in [0.2, 0.25) is 0 Å². The first kappa shape index (κ1) is 13.2. The van der Waals surface area contributed by atoms with Crippen LogP contribution in [0.4, 0.5) is 0 Å². The average molecular weight is 221 g/mol. The molecule has 0 spiro atoms. The summed E-state index contributed by atoms with van der Waals surface area (Å²) < 4.78 is 0. The minimum Gasteiger partial charge on any atom is -0.354 e. The molecule has 0 heterocycles. The normalized spacial score (nSPS) is 9.57. The van der Waals surface area contributed by atoms with Crippen molar-refractivity contribution < 1.29 is 9.59 Å². The third-order valence-electron chi connectivity index (χ3n) is 1.63. The van der Waals surface area contributed by atoms with E-state index in [2.05, 4.69) is 10.6 Å². The number of amides is 2. The highest BCUT2D eigenvalue weighted by Crippen LogP contribution is 1.90. The van der Waals surface area contributed by atoms with Gasteiger partial charge < -0.3 is 10.6 Å². The Bertz CT molecular complexity index is 186. The van der Waals surface area contributed by atoms with E-state index in [0.29, 0.717) is 38.2 Å². The lowest BCUT2D eigenvalue weighted by Crippen LogP contribution is -2.34. The van der Waals surface area contributed by atoms with E-state index in [9.17, 15) is 9.59 Å². The van der Waals surface area contributed by atoms with E-state index >= 15 is 0 Å². The number of carbonyl (C=O) groups is 2. The summed E-state index contributed by atoms with van der Waals surface area (Å²) in [5, 5.41) is 5.35. The number of nitrogens with one attached hydrogen (secondary N) is 2. The molecular weight excluding hydrogens is 204 g/mol. The molecular formula is C9H17ClN2O2. The molecule has 14 heavy (non-hydrogen) atoms. The fourth-order valence-corrected chi connectivity index (χ4v) is 0.978. The molecule has 0 aromatic rings. The zero-order chi connectivity index (χ0) is 10.8. The highest BCUT2D eigenvalue weighted by Gasteiger charge is 1.99. The molecule has 0 aliphatic heterocycles. The molecule has 0 aromatic heterocycles.